The molecule has 4 heterocycles. The van der Waals surface area contributed by atoms with Crippen molar-refractivity contribution in [1.29, 1.82) is 0 Å². The topological polar surface area (TPSA) is 108 Å². The second kappa shape index (κ2) is 8.31. The first kappa shape index (κ1) is 19.4. The summed E-state index contributed by atoms with van der Waals surface area (Å²) in [6, 6.07) is 1.08. The molecule has 2 aliphatic heterocycles. The Bertz CT molecular complexity index is 903. The summed E-state index contributed by atoms with van der Waals surface area (Å²) in [6.45, 7) is 0.784. The van der Waals surface area contributed by atoms with Crippen molar-refractivity contribution in [2.24, 2.45) is 5.92 Å². The average molecular weight is 414 g/mol. The number of furan rings is 1. The first-order valence-electron chi connectivity index (χ1n) is 10.7. The Kier molecular flexibility index (Phi) is 5.39. The van der Waals surface area contributed by atoms with E-state index in [1.165, 1.54) is 44.4 Å². The van der Waals surface area contributed by atoms with Crippen molar-refractivity contribution in [3.8, 4) is 0 Å². The van der Waals surface area contributed by atoms with Crippen LogP contribution in [0.3, 0.4) is 0 Å². The van der Waals surface area contributed by atoms with E-state index in [1.807, 2.05) is 10.9 Å². The molecule has 5 rings (SSSR count). The third-order valence-corrected chi connectivity index (χ3v) is 6.49. The van der Waals surface area contributed by atoms with Gasteiger partial charge in [-0.3, -0.25) is 9.59 Å². The fraction of sp³-hybridized carbons (Fsp3) is 0.619. The van der Waals surface area contributed by atoms with Crippen LogP contribution >= 0.6 is 0 Å². The van der Waals surface area contributed by atoms with Gasteiger partial charge in [-0.25, -0.2) is 4.68 Å². The highest BCUT2D eigenvalue weighted by molar-refractivity contribution is 5.99. The molecule has 0 bridgehead atoms. The molecule has 1 amide bonds. The maximum absolute atomic E-state index is 12.5. The Morgan fingerprint density at radius 2 is 2.03 bits per heavy atom. The summed E-state index contributed by atoms with van der Waals surface area (Å²) in [6.07, 6.45) is 10.9. The second-order valence-electron chi connectivity index (χ2n) is 8.46. The molecule has 0 aromatic carbocycles. The Balaban J connectivity index is 1.21. The van der Waals surface area contributed by atoms with E-state index in [9.17, 15) is 9.59 Å². The van der Waals surface area contributed by atoms with Gasteiger partial charge in [0.2, 0.25) is 5.76 Å². The SMILES string of the molecule is O=Cc1ccoc1C(=O)NC1COC2C1OCC2n1cc(CC2CCCCC2)nn1. The molecular formula is C21H26N4O5. The van der Waals surface area contributed by atoms with E-state index in [-0.39, 0.29) is 35.6 Å². The Hall–Kier alpha value is -2.52. The molecule has 0 spiro atoms. The van der Waals surface area contributed by atoms with E-state index in [0.29, 0.717) is 25.4 Å². The zero-order valence-corrected chi connectivity index (χ0v) is 16.7. The lowest BCUT2D eigenvalue weighted by Crippen LogP contribution is -2.44. The number of hydrogen-bond acceptors (Lipinski definition) is 7. The van der Waals surface area contributed by atoms with Crippen LogP contribution in [0.2, 0.25) is 0 Å². The highest BCUT2D eigenvalue weighted by Gasteiger charge is 2.49. The summed E-state index contributed by atoms with van der Waals surface area (Å²) >= 11 is 0. The van der Waals surface area contributed by atoms with E-state index >= 15 is 0 Å². The lowest BCUT2D eigenvalue weighted by Gasteiger charge is -2.20. The molecule has 1 saturated carbocycles. The predicted octanol–water partition coefficient (Wildman–Crippen LogP) is 1.94. The molecular weight excluding hydrogens is 388 g/mol. The molecule has 4 atom stereocenters. The number of nitrogens with zero attached hydrogens (tertiary/aromatic N) is 3. The van der Waals surface area contributed by atoms with Crippen LogP contribution in [0.1, 0.15) is 64.8 Å². The summed E-state index contributed by atoms with van der Waals surface area (Å²) < 4.78 is 18.9. The van der Waals surface area contributed by atoms with Crippen molar-refractivity contribution in [2.75, 3.05) is 13.2 Å². The molecule has 1 aliphatic carbocycles. The van der Waals surface area contributed by atoms with Crippen LogP contribution in [0.25, 0.3) is 0 Å². The fourth-order valence-electron chi connectivity index (χ4n) is 4.92. The third-order valence-electron chi connectivity index (χ3n) is 6.49. The lowest BCUT2D eigenvalue weighted by atomic mass is 9.86. The van der Waals surface area contributed by atoms with E-state index in [4.69, 9.17) is 13.9 Å². The minimum Gasteiger partial charge on any atom is -0.458 e. The van der Waals surface area contributed by atoms with Gasteiger partial charge in [0.05, 0.1) is 36.8 Å². The molecule has 2 aromatic heterocycles. The zero-order valence-electron chi connectivity index (χ0n) is 16.7. The van der Waals surface area contributed by atoms with Gasteiger partial charge in [0.1, 0.15) is 18.2 Å². The highest BCUT2D eigenvalue weighted by atomic mass is 16.6. The van der Waals surface area contributed by atoms with Crippen LogP contribution in [0.5, 0.6) is 0 Å². The standard InChI is InChI=1S/C21H26N4O5/c26-10-14-6-7-28-18(14)21(27)22-16-11-29-20-17(12-30-19(16)20)25-9-15(23-24-25)8-13-4-2-1-3-5-13/h6-7,9-10,13,16-17,19-20H,1-5,8,11-12H2,(H,22,27). The number of hydrogen-bond donors (Lipinski definition) is 1. The van der Waals surface area contributed by atoms with Gasteiger partial charge in [-0.2, -0.15) is 0 Å². The van der Waals surface area contributed by atoms with Crippen LogP contribution in [0.15, 0.2) is 22.9 Å². The number of carbonyl (C=O) groups excluding carboxylic acids is 2. The molecule has 0 radical (unpaired) electrons. The number of fused-ring (bicyclic) bond motifs is 1. The smallest absolute Gasteiger partial charge is 0.288 e. The number of nitrogens with one attached hydrogen (secondary N) is 1. The minimum atomic E-state index is -0.445. The normalized spacial score (nSPS) is 29.1. The molecule has 9 heteroatoms. The quantitative estimate of drug-likeness (QED) is 0.720. The number of carbonyl (C=O) groups is 2. The van der Waals surface area contributed by atoms with Crippen molar-refractivity contribution in [1.82, 2.24) is 20.3 Å². The Morgan fingerprint density at radius 3 is 2.87 bits per heavy atom. The van der Waals surface area contributed by atoms with E-state index in [1.54, 1.807) is 0 Å². The molecule has 9 nitrogen and oxygen atoms in total. The van der Waals surface area contributed by atoms with Crippen molar-refractivity contribution < 1.29 is 23.5 Å². The summed E-state index contributed by atoms with van der Waals surface area (Å²) in [4.78, 5) is 23.5. The van der Waals surface area contributed by atoms with E-state index in [0.717, 1.165) is 12.1 Å². The van der Waals surface area contributed by atoms with Crippen molar-refractivity contribution in [3.05, 3.63) is 35.5 Å². The van der Waals surface area contributed by atoms with Crippen LogP contribution in [-0.2, 0) is 15.9 Å². The molecule has 30 heavy (non-hydrogen) atoms. The molecule has 2 aromatic rings. The van der Waals surface area contributed by atoms with Gasteiger partial charge in [0.15, 0.2) is 6.29 Å². The van der Waals surface area contributed by atoms with Gasteiger partial charge in [-0.05, 0) is 18.4 Å². The van der Waals surface area contributed by atoms with Gasteiger partial charge in [-0.1, -0.05) is 37.3 Å². The molecule has 3 fully saturated rings. The molecule has 160 valence electrons. The lowest BCUT2D eigenvalue weighted by molar-refractivity contribution is 0.0611. The van der Waals surface area contributed by atoms with Gasteiger partial charge < -0.3 is 19.2 Å². The number of aldehydes is 1. The fourth-order valence-corrected chi connectivity index (χ4v) is 4.92. The third kappa shape index (κ3) is 3.67. The van der Waals surface area contributed by atoms with Crippen LogP contribution in [-0.4, -0.2) is 58.7 Å². The van der Waals surface area contributed by atoms with Crippen molar-refractivity contribution in [2.45, 2.75) is 62.8 Å². The van der Waals surface area contributed by atoms with Crippen LogP contribution < -0.4 is 5.32 Å². The maximum atomic E-state index is 12.5. The van der Waals surface area contributed by atoms with E-state index < -0.39 is 5.91 Å². The summed E-state index contributed by atoms with van der Waals surface area (Å²) in [5.41, 5.74) is 1.24. The Labute approximate surface area is 174 Å². The predicted molar refractivity (Wildman–Crippen MR) is 104 cm³/mol. The number of ether oxygens (including phenoxy) is 2. The van der Waals surface area contributed by atoms with E-state index in [2.05, 4.69) is 15.6 Å². The molecule has 4 unspecified atom stereocenters. The first-order valence-corrected chi connectivity index (χ1v) is 10.7. The largest absolute Gasteiger partial charge is 0.458 e. The first-order chi connectivity index (χ1) is 14.7. The number of amides is 1. The average Bonchev–Trinajstić information content (AvgIpc) is 3.54. The van der Waals surface area contributed by atoms with Gasteiger partial charge >= 0.3 is 0 Å². The van der Waals surface area contributed by atoms with Gasteiger partial charge in [-0.15, -0.1) is 5.10 Å². The molecule has 1 N–H and O–H groups in total. The monoisotopic (exact) mass is 414 g/mol. The molecule has 3 aliphatic rings. The van der Waals surface area contributed by atoms with Crippen molar-refractivity contribution in [3.63, 3.8) is 0 Å². The van der Waals surface area contributed by atoms with Crippen LogP contribution in [0, 0.1) is 5.92 Å². The van der Waals surface area contributed by atoms with Crippen LogP contribution in [0.4, 0.5) is 0 Å². The summed E-state index contributed by atoms with van der Waals surface area (Å²) in [5.74, 6) is 0.266. The van der Waals surface area contributed by atoms with Gasteiger partial charge in [0.25, 0.3) is 5.91 Å². The highest BCUT2D eigenvalue weighted by Crippen LogP contribution is 2.34. The summed E-state index contributed by atoms with van der Waals surface area (Å²) in [7, 11) is 0. The molecule has 2 saturated heterocycles. The minimum absolute atomic E-state index is 0.00614. The summed E-state index contributed by atoms with van der Waals surface area (Å²) in [5, 5.41) is 11.6. The van der Waals surface area contributed by atoms with Gasteiger partial charge in [0, 0.05) is 6.20 Å². The number of rotatable bonds is 6. The number of aromatic nitrogens is 3. The second-order valence-corrected chi connectivity index (χ2v) is 8.46. The zero-order chi connectivity index (χ0) is 20.5. The maximum Gasteiger partial charge on any atom is 0.288 e. The van der Waals surface area contributed by atoms with Crippen molar-refractivity contribution >= 4 is 12.2 Å². The Morgan fingerprint density at radius 1 is 1.20 bits per heavy atom.